The van der Waals surface area contributed by atoms with Crippen molar-refractivity contribution >= 4 is 45.6 Å². The number of nitrogens with one attached hydrogen (secondary N) is 1. The minimum atomic E-state index is 0.362. The Bertz CT molecular complexity index is 613. The van der Waals surface area contributed by atoms with Crippen LogP contribution in [0.5, 0.6) is 0 Å². The van der Waals surface area contributed by atoms with Gasteiger partial charge in [0.1, 0.15) is 4.99 Å². The summed E-state index contributed by atoms with van der Waals surface area (Å²) in [5.41, 5.74) is 8.59. The fourth-order valence-corrected chi connectivity index (χ4v) is 2.84. The highest BCUT2D eigenvalue weighted by Gasteiger charge is 2.12. The molecule has 0 radical (unpaired) electrons. The van der Waals surface area contributed by atoms with Gasteiger partial charge in [0.15, 0.2) is 0 Å². The lowest BCUT2D eigenvalue weighted by atomic mass is 10.1. The molecule has 0 bridgehead atoms. The van der Waals surface area contributed by atoms with Crippen molar-refractivity contribution in [2.24, 2.45) is 5.73 Å². The lowest BCUT2D eigenvalue weighted by molar-refractivity contribution is 0.773. The largest absolute Gasteiger partial charge is 0.389 e. The van der Waals surface area contributed by atoms with Crippen LogP contribution in [0.2, 0.25) is 0 Å². The van der Waals surface area contributed by atoms with Gasteiger partial charge in [-0.3, -0.25) is 4.98 Å². The molecule has 3 nitrogen and oxygen atoms in total. The fourth-order valence-electron chi connectivity index (χ4n) is 2.10. The highest BCUT2D eigenvalue weighted by molar-refractivity contribution is 7.98. The molecule has 0 saturated heterocycles. The van der Waals surface area contributed by atoms with Crippen LogP contribution in [0, 0.1) is 0 Å². The number of aromatic nitrogens is 1. The fraction of sp³-hybridized carbons (Fsp3) is 0.333. The smallest absolute Gasteiger partial charge is 0.107 e. The van der Waals surface area contributed by atoms with Gasteiger partial charge < -0.3 is 11.1 Å². The maximum Gasteiger partial charge on any atom is 0.107 e. The Kier molecular flexibility index (Phi) is 5.20. The molecule has 0 aliphatic rings. The molecule has 3 N–H and O–H groups in total. The van der Waals surface area contributed by atoms with Crippen LogP contribution in [0.4, 0.5) is 5.69 Å². The van der Waals surface area contributed by atoms with E-state index < -0.39 is 0 Å². The minimum absolute atomic E-state index is 0.362. The number of rotatable bonds is 6. The topological polar surface area (TPSA) is 50.9 Å². The number of thioether (sulfide) groups is 1. The number of hydrogen-bond donors (Lipinski definition) is 2. The van der Waals surface area contributed by atoms with Gasteiger partial charge in [-0.1, -0.05) is 30.4 Å². The number of anilines is 1. The minimum Gasteiger partial charge on any atom is -0.389 e. The lowest BCUT2D eigenvalue weighted by Crippen LogP contribution is -2.20. The second-order valence-electron chi connectivity index (χ2n) is 4.76. The van der Waals surface area contributed by atoms with Gasteiger partial charge in [0, 0.05) is 17.6 Å². The van der Waals surface area contributed by atoms with Crippen molar-refractivity contribution in [3.05, 3.63) is 36.0 Å². The molecule has 2 rings (SSSR count). The van der Waals surface area contributed by atoms with E-state index in [1.54, 1.807) is 6.20 Å². The van der Waals surface area contributed by atoms with Gasteiger partial charge in [0.2, 0.25) is 0 Å². The Hall–Kier alpha value is -1.33. The van der Waals surface area contributed by atoms with Gasteiger partial charge in [-0.15, -0.1) is 0 Å². The van der Waals surface area contributed by atoms with Gasteiger partial charge >= 0.3 is 0 Å². The molecule has 0 amide bonds. The molecule has 20 heavy (non-hydrogen) atoms. The van der Waals surface area contributed by atoms with Crippen LogP contribution in [-0.4, -0.2) is 28.0 Å². The number of pyridine rings is 1. The lowest BCUT2D eigenvalue weighted by Gasteiger charge is -2.19. The van der Waals surface area contributed by atoms with Gasteiger partial charge in [-0.05, 0) is 31.4 Å². The SMILES string of the molecule is CSCCC(C)Nc1c(C(N)=S)cnc2ccccc12. The van der Waals surface area contributed by atoms with Gasteiger partial charge in [0.25, 0.3) is 0 Å². The van der Waals surface area contributed by atoms with E-state index >= 15 is 0 Å². The highest BCUT2D eigenvalue weighted by Crippen LogP contribution is 2.27. The zero-order valence-corrected chi connectivity index (χ0v) is 13.4. The summed E-state index contributed by atoms with van der Waals surface area (Å²) in [4.78, 5) is 4.80. The maximum atomic E-state index is 5.83. The molecule has 1 aromatic carbocycles. The predicted octanol–water partition coefficient (Wildman–Crippen LogP) is 3.42. The first kappa shape index (κ1) is 15.1. The summed E-state index contributed by atoms with van der Waals surface area (Å²) in [6.45, 7) is 2.18. The monoisotopic (exact) mass is 305 g/mol. The van der Waals surface area contributed by atoms with Crippen LogP contribution >= 0.6 is 24.0 Å². The average Bonchev–Trinajstić information content (AvgIpc) is 2.45. The number of hydrogen-bond acceptors (Lipinski definition) is 4. The van der Waals surface area contributed by atoms with E-state index in [1.165, 1.54) is 0 Å². The van der Waals surface area contributed by atoms with Crippen molar-refractivity contribution in [1.29, 1.82) is 0 Å². The zero-order chi connectivity index (χ0) is 14.5. The van der Waals surface area contributed by atoms with E-state index in [0.29, 0.717) is 11.0 Å². The molecular formula is C15H19N3S2. The molecule has 1 atom stereocenters. The Morgan fingerprint density at radius 1 is 1.45 bits per heavy atom. The van der Waals surface area contributed by atoms with Crippen LogP contribution in [0.15, 0.2) is 30.5 Å². The third-order valence-corrected chi connectivity index (χ3v) is 4.05. The third kappa shape index (κ3) is 3.41. The average molecular weight is 305 g/mol. The quantitative estimate of drug-likeness (QED) is 0.801. The molecule has 0 aliphatic carbocycles. The Balaban J connectivity index is 2.41. The Morgan fingerprint density at radius 3 is 2.90 bits per heavy atom. The standard InChI is InChI=1S/C15H19N3S2/c1-10(7-8-20-2)18-14-11-5-3-4-6-13(11)17-9-12(14)15(16)19/h3-6,9-10H,7-8H2,1-2H3,(H2,16,19)(H,17,18). The van der Waals surface area contributed by atoms with Crippen molar-refractivity contribution in [3.63, 3.8) is 0 Å². The molecule has 0 fully saturated rings. The predicted molar refractivity (Wildman–Crippen MR) is 93.7 cm³/mol. The van der Waals surface area contributed by atoms with Crippen LogP contribution in [0.1, 0.15) is 18.9 Å². The van der Waals surface area contributed by atoms with Crippen LogP contribution in [0.25, 0.3) is 10.9 Å². The molecule has 106 valence electrons. The second-order valence-corrected chi connectivity index (χ2v) is 6.18. The number of nitrogens with two attached hydrogens (primary N) is 1. The van der Waals surface area contributed by atoms with E-state index in [-0.39, 0.29) is 0 Å². The molecule has 1 unspecified atom stereocenters. The van der Waals surface area contributed by atoms with Crippen molar-refractivity contribution in [2.75, 3.05) is 17.3 Å². The van der Waals surface area contributed by atoms with Crippen LogP contribution < -0.4 is 11.1 Å². The van der Waals surface area contributed by atoms with Crippen molar-refractivity contribution < 1.29 is 0 Å². The molecule has 1 heterocycles. The molecule has 0 aliphatic heterocycles. The number of para-hydroxylation sites is 1. The van der Waals surface area contributed by atoms with E-state index in [9.17, 15) is 0 Å². The van der Waals surface area contributed by atoms with E-state index in [1.807, 2.05) is 36.0 Å². The maximum absolute atomic E-state index is 5.83. The highest BCUT2D eigenvalue weighted by atomic mass is 32.2. The van der Waals surface area contributed by atoms with Gasteiger partial charge in [-0.2, -0.15) is 11.8 Å². The second kappa shape index (κ2) is 6.90. The summed E-state index contributed by atoms with van der Waals surface area (Å²) in [7, 11) is 0. The number of nitrogens with zero attached hydrogens (tertiary/aromatic N) is 1. The number of fused-ring (bicyclic) bond motifs is 1. The van der Waals surface area contributed by atoms with Crippen molar-refractivity contribution in [3.8, 4) is 0 Å². The summed E-state index contributed by atoms with van der Waals surface area (Å²) in [6.07, 6.45) is 4.97. The zero-order valence-electron chi connectivity index (χ0n) is 11.7. The summed E-state index contributed by atoms with van der Waals surface area (Å²) < 4.78 is 0. The number of thiocarbonyl (C=S) groups is 1. The molecule has 2 aromatic rings. The van der Waals surface area contributed by atoms with E-state index in [2.05, 4.69) is 23.5 Å². The molecular weight excluding hydrogens is 286 g/mol. The Labute approximate surface area is 129 Å². The first-order valence-electron chi connectivity index (χ1n) is 6.56. The summed E-state index contributed by atoms with van der Waals surface area (Å²) in [6, 6.07) is 8.40. The first-order valence-corrected chi connectivity index (χ1v) is 8.36. The molecule has 0 spiro atoms. The van der Waals surface area contributed by atoms with Crippen LogP contribution in [0.3, 0.4) is 0 Å². The molecule has 1 aromatic heterocycles. The van der Waals surface area contributed by atoms with Crippen LogP contribution in [-0.2, 0) is 0 Å². The third-order valence-electron chi connectivity index (χ3n) is 3.19. The first-order chi connectivity index (χ1) is 9.63. The van der Waals surface area contributed by atoms with Crippen molar-refractivity contribution in [1.82, 2.24) is 4.98 Å². The van der Waals surface area contributed by atoms with Crippen molar-refractivity contribution in [2.45, 2.75) is 19.4 Å². The number of benzene rings is 1. The van der Waals surface area contributed by atoms with Gasteiger partial charge in [0.05, 0.1) is 16.8 Å². The Morgan fingerprint density at radius 2 is 2.20 bits per heavy atom. The summed E-state index contributed by atoms with van der Waals surface area (Å²) >= 11 is 7.00. The van der Waals surface area contributed by atoms with E-state index in [0.717, 1.165) is 34.3 Å². The normalized spacial score (nSPS) is 12.3. The van der Waals surface area contributed by atoms with E-state index in [4.69, 9.17) is 18.0 Å². The molecule has 0 saturated carbocycles. The summed E-state index contributed by atoms with van der Waals surface area (Å²) in [5.74, 6) is 1.12. The van der Waals surface area contributed by atoms with Gasteiger partial charge in [-0.25, -0.2) is 0 Å². The summed E-state index contributed by atoms with van der Waals surface area (Å²) in [5, 5.41) is 4.61. The molecule has 5 heteroatoms.